The summed E-state index contributed by atoms with van der Waals surface area (Å²) in [6.45, 7) is -0.0843. The largest absolute Gasteiger partial charge is 0.497 e. The van der Waals surface area contributed by atoms with Gasteiger partial charge in [0, 0.05) is 10.9 Å². The van der Waals surface area contributed by atoms with Crippen molar-refractivity contribution in [3.63, 3.8) is 0 Å². The maximum absolute atomic E-state index is 13.1. The van der Waals surface area contributed by atoms with Gasteiger partial charge in [0.05, 0.1) is 37.8 Å². The molecule has 3 amide bonds. The second kappa shape index (κ2) is 10.6. The molecule has 12 nitrogen and oxygen atoms in total. The van der Waals surface area contributed by atoms with Crippen LogP contribution >= 0.6 is 23.1 Å². The van der Waals surface area contributed by atoms with Crippen molar-refractivity contribution < 1.29 is 48.4 Å². The monoisotopic (exact) mass is 548 g/mol. The van der Waals surface area contributed by atoms with E-state index in [1.165, 1.54) is 20.3 Å². The molecule has 1 saturated heterocycles. The summed E-state index contributed by atoms with van der Waals surface area (Å²) in [4.78, 5) is 61.9. The maximum Gasteiger partial charge on any atom is 0.394 e. The summed E-state index contributed by atoms with van der Waals surface area (Å²) in [5.41, 5.74) is 0.713. The number of hydrogen-bond donors (Lipinski definition) is 3. The van der Waals surface area contributed by atoms with E-state index >= 15 is 0 Å². The van der Waals surface area contributed by atoms with Gasteiger partial charge in [-0.2, -0.15) is 0 Å². The Labute approximate surface area is 217 Å². The molecule has 3 N–H and O–H groups in total. The van der Waals surface area contributed by atoms with Crippen LogP contribution in [0.3, 0.4) is 0 Å². The standard InChI is InChI=1S/C23H20N2O10S2/c1-33-11-5-10(6-12(8-11)34-2)7-15-20(27)25(23(32)36-15)9-14-17-13(3-4-35-14)16(21(28)29)19(37-17)24-18(26)22(30)31/h5-8,14H,3-4,9H2,1-2H3,(H,24,26)(H,28,29)(H,30,31)/b15-7-. The Balaban J connectivity index is 1.61. The minimum Gasteiger partial charge on any atom is -0.497 e. The summed E-state index contributed by atoms with van der Waals surface area (Å²) in [5, 5.41) is 20.0. The lowest BCUT2D eigenvalue weighted by Crippen LogP contribution is -2.34. The molecular formula is C23H20N2O10S2. The van der Waals surface area contributed by atoms with Crippen LogP contribution in [0.25, 0.3) is 6.08 Å². The molecule has 2 aliphatic heterocycles. The Morgan fingerprint density at radius 1 is 1.16 bits per heavy atom. The van der Waals surface area contributed by atoms with E-state index in [0.717, 1.165) is 28.0 Å². The normalized spacial score (nSPS) is 18.1. The van der Waals surface area contributed by atoms with Crippen LogP contribution in [-0.4, -0.2) is 71.5 Å². The third kappa shape index (κ3) is 5.30. The first kappa shape index (κ1) is 26.2. The molecule has 1 aromatic carbocycles. The predicted octanol–water partition coefficient (Wildman–Crippen LogP) is 2.84. The lowest BCUT2D eigenvalue weighted by molar-refractivity contribution is -0.147. The number of ether oxygens (including phenoxy) is 3. The Bertz CT molecular complexity index is 1330. The zero-order valence-electron chi connectivity index (χ0n) is 19.4. The van der Waals surface area contributed by atoms with Gasteiger partial charge < -0.3 is 29.7 Å². The minimum absolute atomic E-state index is 0.108. The van der Waals surface area contributed by atoms with Crippen LogP contribution in [0.1, 0.15) is 32.5 Å². The number of carbonyl (C=O) groups excluding carboxylic acids is 3. The fraction of sp³-hybridized carbons (Fsp3) is 0.261. The fourth-order valence-corrected chi connectivity index (χ4v) is 5.99. The number of imide groups is 1. The van der Waals surface area contributed by atoms with Gasteiger partial charge in [0.1, 0.15) is 22.6 Å². The molecule has 0 spiro atoms. The van der Waals surface area contributed by atoms with Gasteiger partial charge in [-0.15, -0.1) is 11.3 Å². The second-order valence-electron chi connectivity index (χ2n) is 7.76. The quantitative estimate of drug-likeness (QED) is 0.344. The van der Waals surface area contributed by atoms with Crippen LogP contribution in [-0.2, 0) is 25.5 Å². The van der Waals surface area contributed by atoms with E-state index in [1.54, 1.807) is 18.2 Å². The van der Waals surface area contributed by atoms with Gasteiger partial charge in [0.25, 0.3) is 11.1 Å². The first-order chi connectivity index (χ1) is 17.6. The van der Waals surface area contributed by atoms with E-state index in [4.69, 9.17) is 19.3 Å². The molecule has 4 rings (SSSR count). The molecule has 1 unspecified atom stereocenters. The van der Waals surface area contributed by atoms with Gasteiger partial charge in [0.15, 0.2) is 0 Å². The van der Waals surface area contributed by atoms with Crippen molar-refractivity contribution in [2.45, 2.75) is 12.5 Å². The van der Waals surface area contributed by atoms with Crippen molar-refractivity contribution >= 4 is 63.2 Å². The summed E-state index contributed by atoms with van der Waals surface area (Å²) >= 11 is 1.59. The number of carboxylic acids is 2. The van der Waals surface area contributed by atoms with Gasteiger partial charge in [-0.25, -0.2) is 9.59 Å². The second-order valence-corrected chi connectivity index (χ2v) is 9.81. The molecule has 1 fully saturated rings. The van der Waals surface area contributed by atoms with E-state index in [0.29, 0.717) is 27.5 Å². The van der Waals surface area contributed by atoms with E-state index < -0.39 is 35.1 Å². The minimum atomic E-state index is -1.77. The van der Waals surface area contributed by atoms with Crippen LogP contribution in [0.4, 0.5) is 9.80 Å². The number of benzene rings is 1. The molecule has 14 heteroatoms. The Morgan fingerprint density at radius 2 is 1.84 bits per heavy atom. The molecule has 1 atom stereocenters. The number of anilines is 1. The highest BCUT2D eigenvalue weighted by molar-refractivity contribution is 8.18. The van der Waals surface area contributed by atoms with Gasteiger partial charge in [-0.05, 0) is 47.5 Å². The molecule has 194 valence electrons. The summed E-state index contributed by atoms with van der Waals surface area (Å²) in [6, 6.07) is 5.03. The van der Waals surface area contributed by atoms with E-state index in [2.05, 4.69) is 5.32 Å². The van der Waals surface area contributed by atoms with Crippen molar-refractivity contribution in [1.82, 2.24) is 4.90 Å². The predicted molar refractivity (Wildman–Crippen MR) is 132 cm³/mol. The fourth-order valence-electron chi connectivity index (χ4n) is 3.86. The first-order valence-electron chi connectivity index (χ1n) is 10.7. The summed E-state index contributed by atoms with van der Waals surface area (Å²) in [7, 11) is 2.98. The van der Waals surface area contributed by atoms with Crippen LogP contribution in [0.15, 0.2) is 23.1 Å². The van der Waals surface area contributed by atoms with Gasteiger partial charge in [-0.3, -0.25) is 19.3 Å². The number of hydrogen-bond acceptors (Lipinski definition) is 10. The number of fused-ring (bicyclic) bond motifs is 1. The van der Waals surface area contributed by atoms with Crippen molar-refractivity contribution in [3.8, 4) is 11.5 Å². The van der Waals surface area contributed by atoms with Crippen LogP contribution in [0, 0.1) is 0 Å². The number of carbonyl (C=O) groups is 5. The topological polar surface area (TPSA) is 169 Å². The number of methoxy groups -OCH3 is 2. The van der Waals surface area contributed by atoms with Gasteiger partial charge in [0.2, 0.25) is 0 Å². The zero-order valence-corrected chi connectivity index (χ0v) is 21.1. The molecule has 2 aromatic rings. The van der Waals surface area contributed by atoms with E-state index in [1.807, 2.05) is 0 Å². The number of nitrogens with one attached hydrogen (secondary N) is 1. The lowest BCUT2D eigenvalue weighted by atomic mass is 10.0. The molecule has 0 radical (unpaired) electrons. The number of aliphatic carboxylic acids is 1. The molecule has 2 aliphatic rings. The average Bonchev–Trinajstić information content (AvgIpc) is 3.36. The van der Waals surface area contributed by atoms with Gasteiger partial charge >= 0.3 is 17.8 Å². The summed E-state index contributed by atoms with van der Waals surface area (Å²) in [6.07, 6.45) is 0.884. The number of carboxylic acid groups (broad SMARTS) is 2. The van der Waals surface area contributed by atoms with E-state index in [-0.39, 0.29) is 35.0 Å². The molecule has 0 saturated carbocycles. The molecule has 3 heterocycles. The molecule has 37 heavy (non-hydrogen) atoms. The Morgan fingerprint density at radius 3 is 2.43 bits per heavy atom. The molecule has 0 aliphatic carbocycles. The number of amides is 3. The van der Waals surface area contributed by atoms with Crippen molar-refractivity contribution in [1.29, 1.82) is 0 Å². The van der Waals surface area contributed by atoms with Crippen molar-refractivity contribution in [2.75, 3.05) is 32.7 Å². The van der Waals surface area contributed by atoms with Gasteiger partial charge in [-0.1, -0.05) is 0 Å². The Kier molecular flexibility index (Phi) is 7.52. The molecule has 1 aromatic heterocycles. The third-order valence-electron chi connectivity index (χ3n) is 5.53. The summed E-state index contributed by atoms with van der Waals surface area (Å²) in [5.74, 6) is -4.04. The van der Waals surface area contributed by atoms with Crippen LogP contribution < -0.4 is 14.8 Å². The highest BCUT2D eigenvalue weighted by Gasteiger charge is 2.40. The lowest BCUT2D eigenvalue weighted by Gasteiger charge is -2.26. The highest BCUT2D eigenvalue weighted by atomic mass is 32.2. The smallest absolute Gasteiger partial charge is 0.394 e. The summed E-state index contributed by atoms with van der Waals surface area (Å²) < 4.78 is 16.2. The average molecular weight is 549 g/mol. The number of thioether (sulfide) groups is 1. The Hall–Kier alpha value is -3.88. The number of nitrogens with zero attached hydrogens (tertiary/aromatic N) is 1. The van der Waals surface area contributed by atoms with Crippen LogP contribution in [0.2, 0.25) is 0 Å². The number of thiophene rings is 1. The maximum atomic E-state index is 13.1. The zero-order chi connectivity index (χ0) is 26.9. The third-order valence-corrected chi connectivity index (χ3v) is 7.68. The van der Waals surface area contributed by atoms with Crippen molar-refractivity contribution in [2.24, 2.45) is 0 Å². The highest BCUT2D eigenvalue weighted by Crippen LogP contribution is 2.43. The number of rotatable bonds is 7. The molecular weight excluding hydrogens is 528 g/mol. The first-order valence-corrected chi connectivity index (χ1v) is 12.3. The SMILES string of the molecule is COc1cc(/C=C2\SC(=O)N(CC3OCCc4c3sc(NC(=O)C(=O)O)c4C(=O)O)C2=O)cc(OC)c1. The van der Waals surface area contributed by atoms with E-state index in [9.17, 15) is 29.1 Å². The van der Waals surface area contributed by atoms with Crippen molar-refractivity contribution in [3.05, 3.63) is 44.7 Å². The number of aromatic carboxylic acids is 1. The van der Waals surface area contributed by atoms with Crippen LogP contribution in [0.5, 0.6) is 11.5 Å². The molecule has 0 bridgehead atoms.